The Bertz CT molecular complexity index is 3100. The number of carbonyl (C=O) groups excluding carboxylic acids is 3. The van der Waals surface area contributed by atoms with E-state index < -0.39 is 378 Å². The van der Waals surface area contributed by atoms with E-state index in [2.05, 4.69) is 16.0 Å². The van der Waals surface area contributed by atoms with Crippen LogP contribution in [-0.4, -0.2) is 516 Å². The van der Waals surface area contributed by atoms with Gasteiger partial charge in [0, 0.05) is 20.8 Å². The van der Waals surface area contributed by atoms with Crippen molar-refractivity contribution in [3.05, 3.63) is 0 Å². The molecule has 0 spiro atoms. The molecule has 10 aliphatic rings. The van der Waals surface area contributed by atoms with Gasteiger partial charge in [-0.1, -0.05) is 0 Å². The number of ether oxygens (including phenoxy) is 19. The summed E-state index contributed by atoms with van der Waals surface area (Å²) in [5, 5.41) is 308. The fourth-order valence-electron chi connectivity index (χ4n) is 15.1. The molecule has 0 aromatic rings. The second-order valence-corrected chi connectivity index (χ2v) is 29.8. The number of rotatable bonds is 29. The molecular formula is C65H109N3O49. The van der Waals surface area contributed by atoms with E-state index in [4.69, 9.17) is 90.0 Å². The molecule has 10 rings (SSSR count). The molecule has 0 saturated carbocycles. The summed E-state index contributed by atoms with van der Waals surface area (Å²) in [4.78, 5) is 38.9. The van der Waals surface area contributed by atoms with Crippen molar-refractivity contribution >= 4 is 17.7 Å². The zero-order valence-corrected chi connectivity index (χ0v) is 62.7. The van der Waals surface area contributed by atoms with Gasteiger partial charge in [0.05, 0.1) is 65.6 Å². The van der Waals surface area contributed by atoms with Gasteiger partial charge >= 0.3 is 0 Å². The summed E-state index contributed by atoms with van der Waals surface area (Å²) in [7, 11) is 0. The number of nitrogens with one attached hydrogen (secondary N) is 3. The normalized spacial score (nSPS) is 50.7. The number of hydrogen-bond acceptors (Lipinski definition) is 49. The molecule has 0 aromatic carbocycles. The predicted molar refractivity (Wildman–Crippen MR) is 357 cm³/mol. The van der Waals surface area contributed by atoms with Crippen LogP contribution in [0.15, 0.2) is 0 Å². The van der Waals surface area contributed by atoms with Gasteiger partial charge in [-0.05, 0) is 6.92 Å². The molecule has 49 atom stereocenters. The van der Waals surface area contributed by atoms with Crippen molar-refractivity contribution in [3.63, 3.8) is 0 Å². The van der Waals surface area contributed by atoms with E-state index >= 15 is 0 Å². The van der Waals surface area contributed by atoms with E-state index in [1.807, 2.05) is 0 Å². The molecule has 10 saturated heterocycles. The summed E-state index contributed by atoms with van der Waals surface area (Å²) in [6, 6.07) is -5.74. The van der Waals surface area contributed by atoms with Crippen molar-refractivity contribution in [2.24, 2.45) is 0 Å². The number of amides is 3. The smallest absolute Gasteiger partial charge is 0.217 e. The van der Waals surface area contributed by atoms with Crippen LogP contribution in [0.3, 0.4) is 0 Å². The average molecular weight is 1720 g/mol. The van der Waals surface area contributed by atoms with Crippen molar-refractivity contribution in [2.75, 3.05) is 59.5 Å². The highest BCUT2D eigenvalue weighted by molar-refractivity contribution is 5.74. The van der Waals surface area contributed by atoms with Crippen molar-refractivity contribution in [1.82, 2.24) is 16.0 Å². The minimum Gasteiger partial charge on any atom is -0.394 e. The highest BCUT2D eigenvalue weighted by Gasteiger charge is 2.62. The molecule has 10 aliphatic heterocycles. The Morgan fingerprint density at radius 2 is 0.624 bits per heavy atom. The van der Waals surface area contributed by atoms with Crippen LogP contribution < -0.4 is 16.0 Å². The second-order valence-electron chi connectivity index (χ2n) is 29.8. The maximum Gasteiger partial charge on any atom is 0.217 e. The Morgan fingerprint density at radius 1 is 0.274 bits per heavy atom. The maximum absolute atomic E-state index is 13.4. The third-order valence-corrected chi connectivity index (χ3v) is 21.6. The van der Waals surface area contributed by atoms with Crippen molar-refractivity contribution in [1.29, 1.82) is 0 Å². The first kappa shape index (κ1) is 95.8. The van der Waals surface area contributed by atoms with E-state index in [9.17, 15) is 152 Å². The molecule has 52 nitrogen and oxygen atoms in total. The zero-order chi connectivity index (χ0) is 85.9. The van der Waals surface area contributed by atoms with Gasteiger partial charge in [-0.25, -0.2) is 0 Å². The van der Waals surface area contributed by atoms with Gasteiger partial charge < -0.3 is 244 Å². The molecule has 30 N–H and O–H groups in total. The maximum atomic E-state index is 13.4. The van der Waals surface area contributed by atoms with Crippen molar-refractivity contribution < 1.29 is 242 Å². The van der Waals surface area contributed by atoms with Gasteiger partial charge in [0.25, 0.3) is 0 Å². The lowest BCUT2D eigenvalue weighted by molar-refractivity contribution is -0.411. The van der Waals surface area contributed by atoms with Crippen LogP contribution in [0.4, 0.5) is 0 Å². The molecule has 0 bridgehead atoms. The summed E-state index contributed by atoms with van der Waals surface area (Å²) in [6.45, 7) is -5.81. The zero-order valence-electron chi connectivity index (χ0n) is 62.7. The quantitative estimate of drug-likeness (QED) is 0.0331. The van der Waals surface area contributed by atoms with E-state index in [0.29, 0.717) is 0 Å². The Balaban J connectivity index is 1.06. The van der Waals surface area contributed by atoms with Crippen LogP contribution >= 0.6 is 0 Å². The lowest BCUT2D eigenvalue weighted by Crippen LogP contribution is -2.71. The molecule has 3 amide bonds. The fourth-order valence-corrected chi connectivity index (χ4v) is 15.1. The lowest BCUT2D eigenvalue weighted by Gasteiger charge is -2.52. The predicted octanol–water partition coefficient (Wildman–Crippen LogP) is -20.7. The van der Waals surface area contributed by atoms with E-state index in [-0.39, 0.29) is 0 Å². The molecular weight excluding hydrogens is 1610 g/mol. The number of carbonyl (C=O) groups is 3. The molecule has 1 unspecified atom stereocenters. The number of aliphatic hydroxyl groups is 27. The molecule has 10 fully saturated rings. The van der Waals surface area contributed by atoms with E-state index in [0.717, 1.165) is 20.8 Å². The second kappa shape index (κ2) is 41.6. The SMILES string of the molecule is CC(=O)N[C@H]1[C@H](O[C@H]2[C@H](O[C@@H]3O[C@@H](C)[C@@H](O)[C@@H](O)[C@@H]3O)[C@@H](NC(C)=O)C(O)O[C@@H]2CO)O[C@H](CO)[C@@H](O[C@@H]2O[C@H](CO[C@H]3O[C@H](CO[C@H]4O[C@H](CO)[C@@H](O)[C@H](O)[C@@H]4O)[C@@H](O)[C@H](O[C@H]4O[C@H](CO)[C@@H](O)[C@H](O)[C@@H]4O)[C@@H]3O)[C@@H](O)[C@H](O[C@H]3O[C@H](CO)[C@@H](O)[C@H](O)[C@@H]3O[C@@H]3O[C@H](CO)[C@@H](O)[C@H](O)[C@H]3NC(C)=O)[C@@H]2O[C@@H]2OC[C@@H](O)[C@H](O)[C@H]2O)[C@@H]1O. The molecule has 0 aromatic heterocycles. The minimum absolute atomic E-state index is 0.873. The lowest BCUT2D eigenvalue weighted by atomic mass is 9.93. The summed E-state index contributed by atoms with van der Waals surface area (Å²) in [6.07, 6.45) is -97.6. The van der Waals surface area contributed by atoms with Gasteiger partial charge in [-0.2, -0.15) is 0 Å². The summed E-state index contributed by atoms with van der Waals surface area (Å²) in [5.41, 5.74) is 0. The Hall–Kier alpha value is -3.43. The summed E-state index contributed by atoms with van der Waals surface area (Å²) in [5.74, 6) is -2.81. The fraction of sp³-hybridized carbons (Fsp3) is 0.954. The van der Waals surface area contributed by atoms with Gasteiger partial charge in [-0.3, -0.25) is 14.4 Å². The molecule has 678 valence electrons. The van der Waals surface area contributed by atoms with Crippen molar-refractivity contribution in [2.45, 2.75) is 328 Å². The third kappa shape index (κ3) is 21.1. The first-order chi connectivity index (χ1) is 55.3. The van der Waals surface area contributed by atoms with Crippen LogP contribution in [0.2, 0.25) is 0 Å². The minimum atomic E-state index is -2.58. The molecule has 0 radical (unpaired) electrons. The Labute approximate surface area is 662 Å². The van der Waals surface area contributed by atoms with Crippen LogP contribution in [-0.2, 0) is 104 Å². The van der Waals surface area contributed by atoms with Crippen LogP contribution in [0.1, 0.15) is 27.7 Å². The van der Waals surface area contributed by atoms with Gasteiger partial charge in [-0.15, -0.1) is 0 Å². The first-order valence-electron chi connectivity index (χ1n) is 37.4. The number of aliphatic hydroxyl groups excluding tert-OH is 27. The average Bonchev–Trinajstić information content (AvgIpc) is 0.757. The third-order valence-electron chi connectivity index (χ3n) is 21.6. The standard InChI is InChI=1S/C65H109N3O49/c1-14-30(79)40(89)46(95)62(102-14)113-51-29(68-17(4)77)56(98)103-24(10-74)50(51)112-58-28(67-16(3)76)39(88)49(23(9-73)108-58)111-65-55(117-60-44(93)31(80)18(78)11-99-60)53(115-64-54(43(92)35(84)22(8-72)107-64)116-57-27(66-15(2)75)38(87)32(81)19(5-69)104-57)37(86)26(110-65)13-101-61-48(97)52(114-63-47(96)42(91)34(83)21(7-71)106-63)36(85)25(109-61)12-100-59-45(94)41(90)33(82)20(6-70)105-59/h14,18-65,69-74,78-98H,5-13H2,1-4H3,(H,66,75)(H,67,76)(H,68,77)/t14-,18+,19+,20+,21+,22+,23+,24+,25+,26+,27+,28+,29+,30+,31-,32+,33+,34+,35+,36+,37+,38+,39+,40+,41-,42-,43-,44+,45-,46-,47-,48-,49+,50+,51+,52-,53-,54-,55-,56?,57-,58-,59-,60-,61-,62-,63+,64+,65-/m0/s1. The Morgan fingerprint density at radius 3 is 1.16 bits per heavy atom. The molecule has 0 aliphatic carbocycles. The highest BCUT2D eigenvalue weighted by Crippen LogP contribution is 2.41. The summed E-state index contributed by atoms with van der Waals surface area (Å²) < 4.78 is 114. The van der Waals surface area contributed by atoms with Crippen LogP contribution in [0.25, 0.3) is 0 Å². The van der Waals surface area contributed by atoms with Crippen molar-refractivity contribution in [3.8, 4) is 0 Å². The highest BCUT2D eigenvalue weighted by atomic mass is 16.8. The van der Waals surface area contributed by atoms with E-state index in [1.54, 1.807) is 0 Å². The van der Waals surface area contributed by atoms with Gasteiger partial charge in [0.2, 0.25) is 17.7 Å². The van der Waals surface area contributed by atoms with E-state index in [1.165, 1.54) is 6.92 Å². The van der Waals surface area contributed by atoms with Gasteiger partial charge in [0.15, 0.2) is 62.9 Å². The largest absolute Gasteiger partial charge is 0.394 e. The monoisotopic (exact) mass is 1720 g/mol. The van der Waals surface area contributed by atoms with Crippen LogP contribution in [0.5, 0.6) is 0 Å². The first-order valence-corrected chi connectivity index (χ1v) is 37.4. The summed E-state index contributed by atoms with van der Waals surface area (Å²) >= 11 is 0. The van der Waals surface area contributed by atoms with Crippen LogP contribution in [0, 0.1) is 0 Å². The van der Waals surface area contributed by atoms with Gasteiger partial charge in [0.1, 0.15) is 232 Å². The molecule has 10 heterocycles. The molecule has 52 heteroatoms. The Kier molecular flexibility index (Phi) is 34.0. The number of hydrogen-bond donors (Lipinski definition) is 30. The topological polar surface area (TPSA) is 809 Å². The molecule has 117 heavy (non-hydrogen) atoms.